The number of aliphatic hydroxyl groups is 1. The van der Waals surface area contributed by atoms with Gasteiger partial charge in [-0.25, -0.2) is 9.97 Å². The van der Waals surface area contributed by atoms with Gasteiger partial charge in [-0.05, 0) is 26.7 Å². The van der Waals surface area contributed by atoms with Crippen molar-refractivity contribution in [2.24, 2.45) is 0 Å². The zero-order chi connectivity index (χ0) is 14.4. The van der Waals surface area contributed by atoms with Crippen molar-refractivity contribution in [1.82, 2.24) is 9.97 Å². The molecule has 3 N–H and O–H groups in total. The van der Waals surface area contributed by atoms with E-state index in [4.69, 9.17) is 9.84 Å². The first-order chi connectivity index (χ1) is 9.76. The average molecular weight is 280 g/mol. The summed E-state index contributed by atoms with van der Waals surface area (Å²) in [6.07, 6.45) is 2.38. The summed E-state index contributed by atoms with van der Waals surface area (Å²) in [5.41, 5.74) is 1.04. The van der Waals surface area contributed by atoms with Crippen LogP contribution >= 0.6 is 0 Å². The third kappa shape index (κ3) is 4.05. The maximum absolute atomic E-state index is 8.65. The maximum Gasteiger partial charge on any atom is 0.136 e. The van der Waals surface area contributed by atoms with Crippen molar-refractivity contribution in [3.8, 4) is 0 Å². The molecule has 1 aliphatic rings. The van der Waals surface area contributed by atoms with E-state index in [1.165, 1.54) is 12.8 Å². The van der Waals surface area contributed by atoms with Gasteiger partial charge in [0.15, 0.2) is 0 Å². The maximum atomic E-state index is 8.65. The third-order valence-electron chi connectivity index (χ3n) is 3.22. The Kier molecular flexibility index (Phi) is 5.55. The average Bonchev–Trinajstić information content (AvgIpc) is 3.27. The summed E-state index contributed by atoms with van der Waals surface area (Å²) in [7, 11) is 0. The molecular formula is C14H24N4O2. The van der Waals surface area contributed by atoms with E-state index in [9.17, 15) is 0 Å². The molecule has 1 fully saturated rings. The SMILES string of the molecule is CCNc1nc(C2CC2)nc(NCCOCCO)c1C. The number of ether oxygens (including phenoxy) is 1. The standard InChI is InChI=1S/C14H24N4O2/c1-3-15-12-10(2)13(16-6-8-20-9-7-19)18-14(17-12)11-4-5-11/h11,19H,3-9H2,1-2H3,(H2,15,16,17,18). The van der Waals surface area contributed by atoms with Gasteiger partial charge >= 0.3 is 0 Å². The van der Waals surface area contributed by atoms with Gasteiger partial charge in [0.05, 0.1) is 19.8 Å². The van der Waals surface area contributed by atoms with Crippen molar-refractivity contribution in [3.05, 3.63) is 11.4 Å². The lowest BCUT2D eigenvalue weighted by Gasteiger charge is -2.14. The van der Waals surface area contributed by atoms with E-state index < -0.39 is 0 Å². The van der Waals surface area contributed by atoms with Gasteiger partial charge in [0.25, 0.3) is 0 Å². The van der Waals surface area contributed by atoms with Crippen LogP contribution in [0.25, 0.3) is 0 Å². The van der Waals surface area contributed by atoms with E-state index in [1.807, 2.05) is 6.92 Å². The second kappa shape index (κ2) is 7.40. The highest BCUT2D eigenvalue weighted by atomic mass is 16.5. The van der Waals surface area contributed by atoms with E-state index in [0.29, 0.717) is 25.7 Å². The summed E-state index contributed by atoms with van der Waals surface area (Å²) in [6.45, 7) is 6.59. The smallest absolute Gasteiger partial charge is 0.136 e. The van der Waals surface area contributed by atoms with Gasteiger partial charge in [0.2, 0.25) is 0 Å². The molecule has 0 atom stereocenters. The number of aromatic nitrogens is 2. The summed E-state index contributed by atoms with van der Waals surface area (Å²) in [5, 5.41) is 15.2. The number of nitrogens with zero attached hydrogens (tertiary/aromatic N) is 2. The summed E-state index contributed by atoms with van der Waals surface area (Å²) >= 11 is 0. The number of rotatable bonds is 9. The highest BCUT2D eigenvalue weighted by Crippen LogP contribution is 2.39. The Morgan fingerprint density at radius 3 is 2.50 bits per heavy atom. The first kappa shape index (κ1) is 15.0. The normalized spacial score (nSPS) is 14.3. The quantitative estimate of drug-likeness (QED) is 0.595. The molecule has 1 aliphatic carbocycles. The van der Waals surface area contributed by atoms with E-state index >= 15 is 0 Å². The summed E-state index contributed by atoms with van der Waals surface area (Å²) < 4.78 is 5.24. The Bertz CT molecular complexity index is 435. The summed E-state index contributed by atoms with van der Waals surface area (Å²) in [6, 6.07) is 0. The Hall–Kier alpha value is -1.40. The van der Waals surface area contributed by atoms with Crippen LogP contribution in [0.5, 0.6) is 0 Å². The van der Waals surface area contributed by atoms with Gasteiger partial charge in [-0.15, -0.1) is 0 Å². The van der Waals surface area contributed by atoms with Crippen molar-refractivity contribution >= 4 is 11.6 Å². The van der Waals surface area contributed by atoms with Crippen LogP contribution in [0, 0.1) is 6.92 Å². The molecule has 0 bridgehead atoms. The highest BCUT2D eigenvalue weighted by molar-refractivity contribution is 5.57. The Labute approximate surface area is 120 Å². The van der Waals surface area contributed by atoms with Crippen LogP contribution in [0.4, 0.5) is 11.6 Å². The minimum atomic E-state index is 0.0585. The molecule has 0 radical (unpaired) electrons. The second-order valence-corrected chi connectivity index (χ2v) is 4.97. The zero-order valence-corrected chi connectivity index (χ0v) is 12.3. The van der Waals surface area contributed by atoms with E-state index in [2.05, 4.69) is 27.5 Å². The molecule has 20 heavy (non-hydrogen) atoms. The van der Waals surface area contributed by atoms with Gasteiger partial charge in [0.1, 0.15) is 17.5 Å². The van der Waals surface area contributed by atoms with Crippen molar-refractivity contribution in [3.63, 3.8) is 0 Å². The number of hydrogen-bond donors (Lipinski definition) is 3. The summed E-state index contributed by atoms with van der Waals surface area (Å²) in [4.78, 5) is 9.24. The molecule has 0 spiro atoms. The molecule has 112 valence electrons. The molecule has 0 unspecified atom stereocenters. The molecule has 0 aromatic carbocycles. The van der Waals surface area contributed by atoms with Crippen LogP contribution in [-0.2, 0) is 4.74 Å². The third-order valence-corrected chi connectivity index (χ3v) is 3.22. The topological polar surface area (TPSA) is 79.3 Å². The number of aliphatic hydroxyl groups excluding tert-OH is 1. The van der Waals surface area contributed by atoms with Crippen molar-refractivity contribution in [2.75, 3.05) is 43.5 Å². The fourth-order valence-electron chi connectivity index (χ4n) is 1.98. The van der Waals surface area contributed by atoms with Gasteiger partial charge in [0, 0.05) is 24.6 Å². The van der Waals surface area contributed by atoms with Crippen LogP contribution < -0.4 is 10.6 Å². The van der Waals surface area contributed by atoms with E-state index in [0.717, 1.165) is 29.6 Å². The molecule has 0 saturated heterocycles. The van der Waals surface area contributed by atoms with E-state index in [-0.39, 0.29) is 6.61 Å². The van der Waals surface area contributed by atoms with Crippen molar-refractivity contribution in [2.45, 2.75) is 32.6 Å². The minimum Gasteiger partial charge on any atom is -0.394 e. The van der Waals surface area contributed by atoms with Gasteiger partial charge in [-0.2, -0.15) is 0 Å². The first-order valence-electron chi connectivity index (χ1n) is 7.31. The molecule has 1 aromatic heterocycles. The lowest BCUT2D eigenvalue weighted by atomic mass is 10.2. The minimum absolute atomic E-state index is 0.0585. The number of anilines is 2. The largest absolute Gasteiger partial charge is 0.394 e. The molecule has 0 aliphatic heterocycles. The molecule has 1 aromatic rings. The van der Waals surface area contributed by atoms with Crippen LogP contribution in [0.2, 0.25) is 0 Å². The highest BCUT2D eigenvalue weighted by Gasteiger charge is 2.28. The number of nitrogens with one attached hydrogen (secondary N) is 2. The monoisotopic (exact) mass is 280 g/mol. The molecule has 6 nitrogen and oxygen atoms in total. The van der Waals surface area contributed by atoms with Crippen LogP contribution in [-0.4, -0.2) is 48.0 Å². The second-order valence-electron chi connectivity index (χ2n) is 4.97. The first-order valence-corrected chi connectivity index (χ1v) is 7.31. The molecule has 2 rings (SSSR count). The fraction of sp³-hybridized carbons (Fsp3) is 0.714. The Morgan fingerprint density at radius 1 is 1.20 bits per heavy atom. The van der Waals surface area contributed by atoms with Crippen LogP contribution in [0.15, 0.2) is 0 Å². The number of hydrogen-bond acceptors (Lipinski definition) is 6. The van der Waals surface area contributed by atoms with Crippen molar-refractivity contribution < 1.29 is 9.84 Å². The van der Waals surface area contributed by atoms with Crippen LogP contribution in [0.3, 0.4) is 0 Å². The molecule has 1 saturated carbocycles. The Morgan fingerprint density at radius 2 is 1.90 bits per heavy atom. The Balaban J connectivity index is 2.01. The molecule has 1 heterocycles. The summed E-state index contributed by atoms with van der Waals surface area (Å²) in [5.74, 6) is 3.26. The van der Waals surface area contributed by atoms with Gasteiger partial charge in [-0.1, -0.05) is 0 Å². The molecular weight excluding hydrogens is 256 g/mol. The molecule has 0 amide bonds. The predicted molar refractivity (Wildman–Crippen MR) is 79.3 cm³/mol. The van der Waals surface area contributed by atoms with Crippen LogP contribution in [0.1, 0.15) is 37.1 Å². The van der Waals surface area contributed by atoms with E-state index in [1.54, 1.807) is 0 Å². The molecule has 6 heteroatoms. The zero-order valence-electron chi connectivity index (χ0n) is 12.3. The van der Waals surface area contributed by atoms with Crippen molar-refractivity contribution in [1.29, 1.82) is 0 Å². The fourth-order valence-corrected chi connectivity index (χ4v) is 1.98. The van der Waals surface area contributed by atoms with Gasteiger partial charge in [-0.3, -0.25) is 0 Å². The van der Waals surface area contributed by atoms with Gasteiger partial charge < -0.3 is 20.5 Å². The lowest BCUT2D eigenvalue weighted by molar-refractivity contribution is 0.0992. The predicted octanol–water partition coefficient (Wildman–Crippen LogP) is 1.52. The lowest BCUT2D eigenvalue weighted by Crippen LogP contribution is -2.15.